The van der Waals surface area contributed by atoms with Gasteiger partial charge in [-0.05, 0) is 17.7 Å². The summed E-state index contributed by atoms with van der Waals surface area (Å²) in [5, 5.41) is 0.749. The number of benzene rings is 2. The quantitative estimate of drug-likeness (QED) is 0.590. The monoisotopic (exact) mass is 290 g/mol. The number of imidazole rings is 1. The van der Waals surface area contributed by atoms with Crippen molar-refractivity contribution in [2.24, 2.45) is 0 Å². The molecule has 0 unspecified atom stereocenters. The molecule has 0 radical (unpaired) electrons. The molecule has 0 spiro atoms. The Morgan fingerprint density at radius 3 is 2.59 bits per heavy atom. The van der Waals surface area contributed by atoms with E-state index in [-0.39, 0.29) is 5.95 Å². The van der Waals surface area contributed by atoms with Crippen LogP contribution in [0.1, 0.15) is 5.56 Å². The second-order valence-electron chi connectivity index (χ2n) is 5.15. The fraction of sp³-hybridized carbons (Fsp3) is 0.0625. The van der Waals surface area contributed by atoms with Crippen LogP contribution < -0.4 is 11.5 Å². The SMILES string of the molecule is Nc1nc(N)c2c(ccc3c2ncn3Cc2ccccc2)n1. The molecule has 4 N–H and O–H groups in total. The summed E-state index contributed by atoms with van der Waals surface area (Å²) in [4.78, 5) is 12.8. The highest BCUT2D eigenvalue weighted by Crippen LogP contribution is 2.27. The van der Waals surface area contributed by atoms with E-state index in [1.807, 2.05) is 36.7 Å². The summed E-state index contributed by atoms with van der Waals surface area (Å²) in [6.45, 7) is 0.749. The van der Waals surface area contributed by atoms with Crippen molar-refractivity contribution >= 4 is 33.7 Å². The Kier molecular flexibility index (Phi) is 2.69. The number of rotatable bonds is 2. The molecule has 0 saturated carbocycles. The Balaban J connectivity index is 1.91. The minimum atomic E-state index is 0.174. The Labute approximate surface area is 126 Å². The van der Waals surface area contributed by atoms with Gasteiger partial charge in [-0.25, -0.2) is 9.97 Å². The van der Waals surface area contributed by atoms with Crippen molar-refractivity contribution in [2.45, 2.75) is 6.54 Å². The lowest BCUT2D eigenvalue weighted by Gasteiger charge is -2.06. The van der Waals surface area contributed by atoms with Crippen molar-refractivity contribution in [1.29, 1.82) is 0 Å². The predicted octanol–water partition coefficient (Wildman–Crippen LogP) is 2.19. The van der Waals surface area contributed by atoms with Gasteiger partial charge in [0.1, 0.15) is 11.3 Å². The molecule has 4 rings (SSSR count). The van der Waals surface area contributed by atoms with Crippen LogP contribution in [0.5, 0.6) is 0 Å². The number of nitrogens with zero attached hydrogens (tertiary/aromatic N) is 4. The second kappa shape index (κ2) is 4.70. The number of hydrogen-bond donors (Lipinski definition) is 2. The zero-order valence-corrected chi connectivity index (χ0v) is 11.8. The molecule has 0 aliphatic carbocycles. The van der Waals surface area contributed by atoms with Crippen molar-refractivity contribution in [3.05, 3.63) is 54.4 Å². The maximum atomic E-state index is 6.00. The van der Waals surface area contributed by atoms with Gasteiger partial charge in [-0.1, -0.05) is 30.3 Å². The van der Waals surface area contributed by atoms with Gasteiger partial charge in [-0.15, -0.1) is 0 Å². The Bertz CT molecular complexity index is 974. The summed E-state index contributed by atoms with van der Waals surface area (Å²) in [6.07, 6.45) is 1.81. The van der Waals surface area contributed by atoms with Crippen LogP contribution in [0.2, 0.25) is 0 Å². The number of nitrogen functional groups attached to an aromatic ring is 2. The molecule has 0 bridgehead atoms. The highest BCUT2D eigenvalue weighted by Gasteiger charge is 2.12. The van der Waals surface area contributed by atoms with E-state index in [1.165, 1.54) is 5.56 Å². The lowest BCUT2D eigenvalue weighted by atomic mass is 10.2. The van der Waals surface area contributed by atoms with E-state index in [1.54, 1.807) is 0 Å². The van der Waals surface area contributed by atoms with E-state index in [4.69, 9.17) is 11.5 Å². The van der Waals surface area contributed by atoms with Gasteiger partial charge in [-0.3, -0.25) is 0 Å². The number of aromatic nitrogens is 4. The number of nitrogens with two attached hydrogens (primary N) is 2. The van der Waals surface area contributed by atoms with Gasteiger partial charge in [-0.2, -0.15) is 4.98 Å². The standard InChI is InChI=1S/C16H14N6/c17-15-13-11(20-16(18)21-15)6-7-12-14(13)19-9-22(12)8-10-4-2-1-3-5-10/h1-7,9H,8H2,(H4,17,18,20,21). The summed E-state index contributed by atoms with van der Waals surface area (Å²) in [5.74, 6) is 0.533. The summed E-state index contributed by atoms with van der Waals surface area (Å²) in [5.41, 5.74) is 15.4. The average molecular weight is 290 g/mol. The van der Waals surface area contributed by atoms with Crippen molar-refractivity contribution < 1.29 is 0 Å². The lowest BCUT2D eigenvalue weighted by Crippen LogP contribution is -2.01. The van der Waals surface area contributed by atoms with E-state index in [2.05, 4.69) is 31.7 Å². The summed E-state index contributed by atoms with van der Waals surface area (Å²) < 4.78 is 2.08. The van der Waals surface area contributed by atoms with Gasteiger partial charge < -0.3 is 16.0 Å². The van der Waals surface area contributed by atoms with E-state index in [0.29, 0.717) is 11.3 Å². The van der Waals surface area contributed by atoms with Crippen molar-refractivity contribution in [3.8, 4) is 0 Å². The molecule has 4 aromatic rings. The molecule has 0 amide bonds. The first-order valence-corrected chi connectivity index (χ1v) is 6.93. The van der Waals surface area contributed by atoms with Crippen LogP contribution >= 0.6 is 0 Å². The minimum Gasteiger partial charge on any atom is -0.383 e. The normalized spacial score (nSPS) is 11.3. The first-order chi connectivity index (χ1) is 10.7. The summed E-state index contributed by atoms with van der Waals surface area (Å²) >= 11 is 0. The average Bonchev–Trinajstić information content (AvgIpc) is 2.90. The zero-order chi connectivity index (χ0) is 15.1. The van der Waals surface area contributed by atoms with Crippen molar-refractivity contribution in [2.75, 3.05) is 11.5 Å². The molecule has 6 heteroatoms. The molecular formula is C16H14N6. The molecular weight excluding hydrogens is 276 g/mol. The predicted molar refractivity (Wildman–Crippen MR) is 87.2 cm³/mol. The number of anilines is 2. The first kappa shape index (κ1) is 12.6. The third-order valence-electron chi connectivity index (χ3n) is 3.69. The lowest BCUT2D eigenvalue weighted by molar-refractivity contribution is 0.824. The van der Waals surface area contributed by atoms with Gasteiger partial charge in [0.25, 0.3) is 0 Å². The van der Waals surface area contributed by atoms with Gasteiger partial charge in [0.15, 0.2) is 0 Å². The fourth-order valence-corrected chi connectivity index (χ4v) is 2.70. The van der Waals surface area contributed by atoms with Gasteiger partial charge in [0.2, 0.25) is 5.95 Å². The molecule has 0 atom stereocenters. The molecule has 2 heterocycles. The number of hydrogen-bond acceptors (Lipinski definition) is 5. The fourth-order valence-electron chi connectivity index (χ4n) is 2.70. The third kappa shape index (κ3) is 1.93. The van der Waals surface area contributed by atoms with Crippen molar-refractivity contribution in [1.82, 2.24) is 19.5 Å². The van der Waals surface area contributed by atoms with E-state index in [0.717, 1.165) is 23.0 Å². The largest absolute Gasteiger partial charge is 0.383 e. The molecule has 6 nitrogen and oxygen atoms in total. The summed E-state index contributed by atoms with van der Waals surface area (Å²) in [7, 11) is 0. The smallest absolute Gasteiger partial charge is 0.222 e. The van der Waals surface area contributed by atoms with Crippen LogP contribution in [0.15, 0.2) is 48.8 Å². The van der Waals surface area contributed by atoms with E-state index < -0.39 is 0 Å². The summed E-state index contributed by atoms with van der Waals surface area (Å²) in [6, 6.07) is 14.1. The van der Waals surface area contributed by atoms with Gasteiger partial charge in [0, 0.05) is 6.54 Å². The van der Waals surface area contributed by atoms with Crippen LogP contribution in [0, 0.1) is 0 Å². The Hall–Kier alpha value is -3.15. The van der Waals surface area contributed by atoms with E-state index in [9.17, 15) is 0 Å². The maximum absolute atomic E-state index is 6.00. The molecule has 2 aromatic carbocycles. The molecule has 108 valence electrons. The van der Waals surface area contributed by atoms with Crippen LogP contribution in [-0.4, -0.2) is 19.5 Å². The topological polar surface area (TPSA) is 95.6 Å². The minimum absolute atomic E-state index is 0.174. The molecule has 0 aliphatic heterocycles. The van der Waals surface area contributed by atoms with Crippen LogP contribution in [0.25, 0.3) is 21.9 Å². The Morgan fingerprint density at radius 1 is 0.955 bits per heavy atom. The highest BCUT2D eigenvalue weighted by atomic mass is 15.1. The zero-order valence-electron chi connectivity index (χ0n) is 11.8. The van der Waals surface area contributed by atoms with Gasteiger partial charge >= 0.3 is 0 Å². The van der Waals surface area contributed by atoms with Crippen LogP contribution in [0.3, 0.4) is 0 Å². The van der Waals surface area contributed by atoms with Crippen LogP contribution in [0.4, 0.5) is 11.8 Å². The Morgan fingerprint density at radius 2 is 1.77 bits per heavy atom. The molecule has 0 fully saturated rings. The van der Waals surface area contributed by atoms with Crippen molar-refractivity contribution in [3.63, 3.8) is 0 Å². The second-order valence-corrected chi connectivity index (χ2v) is 5.15. The molecule has 0 aliphatic rings. The van der Waals surface area contributed by atoms with Gasteiger partial charge in [0.05, 0.1) is 22.7 Å². The third-order valence-corrected chi connectivity index (χ3v) is 3.69. The first-order valence-electron chi connectivity index (χ1n) is 6.93. The van der Waals surface area contributed by atoms with Crippen LogP contribution in [-0.2, 0) is 6.54 Å². The number of fused-ring (bicyclic) bond motifs is 3. The van der Waals surface area contributed by atoms with E-state index >= 15 is 0 Å². The molecule has 2 aromatic heterocycles. The highest BCUT2D eigenvalue weighted by molar-refractivity contribution is 6.08. The maximum Gasteiger partial charge on any atom is 0.222 e. The molecule has 22 heavy (non-hydrogen) atoms. The molecule has 0 saturated heterocycles.